The fraction of sp³-hybridized carbons (Fsp3) is 0.562. The Morgan fingerprint density at radius 2 is 1.41 bits per heavy atom. The number of carbonyl (C=O) groups excluding carboxylic acids is 1. The van der Waals surface area contributed by atoms with Crippen molar-refractivity contribution in [3.05, 3.63) is 35.9 Å². The van der Waals surface area contributed by atoms with E-state index in [9.17, 15) is 4.79 Å². The van der Waals surface area contributed by atoms with Crippen molar-refractivity contribution in [1.29, 1.82) is 0 Å². The average Bonchev–Trinajstić information content (AvgIpc) is 2.48. The van der Waals surface area contributed by atoms with Crippen LogP contribution in [0.25, 0.3) is 0 Å². The second kappa shape index (κ2) is 10.5. The molecule has 22 heavy (non-hydrogen) atoms. The summed E-state index contributed by atoms with van der Waals surface area (Å²) in [6, 6.07) is 8.90. The van der Waals surface area contributed by atoms with Crippen molar-refractivity contribution in [2.45, 2.75) is 19.6 Å². The summed E-state index contributed by atoms with van der Waals surface area (Å²) in [5, 5.41) is 0. The van der Waals surface area contributed by atoms with Crippen molar-refractivity contribution in [1.82, 2.24) is 0 Å². The third kappa shape index (κ3) is 9.67. The van der Waals surface area contributed by atoms with Crippen molar-refractivity contribution >= 4 is 14.3 Å². The molecule has 0 heterocycles. The fourth-order valence-corrected chi connectivity index (χ4v) is 2.28. The lowest BCUT2D eigenvalue weighted by Crippen LogP contribution is -2.27. The van der Waals surface area contributed by atoms with Gasteiger partial charge in [0.2, 0.25) is 0 Å². The minimum Gasteiger partial charge on any atom is -0.460 e. The number of rotatable bonds is 11. The molecule has 6 heteroatoms. The first-order valence-electron chi connectivity index (χ1n) is 7.51. The van der Waals surface area contributed by atoms with Gasteiger partial charge in [0.25, 0.3) is 0 Å². The standard InChI is InChI=1S/C16H26O5Si/c1-22(2,3)21-14-12-19-10-9-18-11-13-20-16(17)15-7-5-4-6-8-15/h4-8H,9-14H2,1-3H3. The molecular formula is C16H26O5Si. The summed E-state index contributed by atoms with van der Waals surface area (Å²) in [4.78, 5) is 11.6. The number of carbonyl (C=O) groups is 1. The summed E-state index contributed by atoms with van der Waals surface area (Å²) in [5.74, 6) is -0.330. The van der Waals surface area contributed by atoms with Gasteiger partial charge in [-0.05, 0) is 31.8 Å². The van der Waals surface area contributed by atoms with Crippen LogP contribution < -0.4 is 0 Å². The monoisotopic (exact) mass is 326 g/mol. The second-order valence-electron chi connectivity index (χ2n) is 5.69. The van der Waals surface area contributed by atoms with Crippen LogP contribution in [-0.2, 0) is 18.6 Å². The fourth-order valence-electron chi connectivity index (χ4n) is 1.58. The van der Waals surface area contributed by atoms with Crippen molar-refractivity contribution < 1.29 is 23.4 Å². The molecule has 0 radical (unpaired) electrons. The van der Waals surface area contributed by atoms with Gasteiger partial charge < -0.3 is 18.6 Å². The quantitative estimate of drug-likeness (QED) is 0.355. The van der Waals surface area contributed by atoms with Crippen LogP contribution in [0.5, 0.6) is 0 Å². The maximum atomic E-state index is 11.6. The molecule has 0 aliphatic carbocycles. The van der Waals surface area contributed by atoms with Gasteiger partial charge >= 0.3 is 5.97 Å². The lowest BCUT2D eigenvalue weighted by Gasteiger charge is -2.16. The van der Waals surface area contributed by atoms with Crippen LogP contribution in [0, 0.1) is 0 Å². The Kier molecular flexibility index (Phi) is 8.99. The van der Waals surface area contributed by atoms with Gasteiger partial charge in [-0.2, -0.15) is 0 Å². The third-order valence-corrected chi connectivity index (χ3v) is 3.68. The van der Waals surface area contributed by atoms with E-state index in [2.05, 4.69) is 19.6 Å². The molecule has 0 unspecified atom stereocenters. The number of hydrogen-bond acceptors (Lipinski definition) is 5. The smallest absolute Gasteiger partial charge is 0.338 e. The van der Waals surface area contributed by atoms with E-state index in [4.69, 9.17) is 18.6 Å². The average molecular weight is 326 g/mol. The van der Waals surface area contributed by atoms with Crippen LogP contribution in [0.2, 0.25) is 19.6 Å². The maximum absolute atomic E-state index is 11.6. The molecule has 5 nitrogen and oxygen atoms in total. The Hall–Kier alpha value is -1.21. The van der Waals surface area contributed by atoms with Gasteiger partial charge in [-0.15, -0.1) is 0 Å². The van der Waals surface area contributed by atoms with E-state index in [0.717, 1.165) is 0 Å². The molecule has 0 spiro atoms. The number of benzene rings is 1. The van der Waals surface area contributed by atoms with Crippen molar-refractivity contribution in [2.24, 2.45) is 0 Å². The van der Waals surface area contributed by atoms with Gasteiger partial charge in [-0.3, -0.25) is 0 Å². The van der Waals surface area contributed by atoms with Crippen LogP contribution >= 0.6 is 0 Å². The van der Waals surface area contributed by atoms with Crippen LogP contribution in [0.1, 0.15) is 10.4 Å². The number of ether oxygens (including phenoxy) is 3. The molecule has 0 saturated carbocycles. The van der Waals surface area contributed by atoms with E-state index in [1.165, 1.54) is 0 Å². The van der Waals surface area contributed by atoms with E-state index in [1.54, 1.807) is 24.3 Å². The topological polar surface area (TPSA) is 54.0 Å². The van der Waals surface area contributed by atoms with E-state index < -0.39 is 8.32 Å². The van der Waals surface area contributed by atoms with Gasteiger partial charge in [-0.1, -0.05) is 18.2 Å². The highest BCUT2D eigenvalue weighted by atomic mass is 28.4. The molecule has 124 valence electrons. The molecule has 0 atom stereocenters. The molecule has 0 fully saturated rings. The predicted octanol–water partition coefficient (Wildman–Crippen LogP) is 2.73. The van der Waals surface area contributed by atoms with Crippen LogP contribution in [-0.4, -0.2) is 53.9 Å². The molecule has 0 aliphatic heterocycles. The van der Waals surface area contributed by atoms with E-state index in [-0.39, 0.29) is 12.6 Å². The molecule has 1 aromatic carbocycles. The van der Waals surface area contributed by atoms with E-state index in [1.807, 2.05) is 6.07 Å². The molecule has 0 amide bonds. The Labute approximate surface area is 133 Å². The maximum Gasteiger partial charge on any atom is 0.338 e. The molecule has 0 bridgehead atoms. The van der Waals surface area contributed by atoms with Gasteiger partial charge in [0, 0.05) is 0 Å². The second-order valence-corrected chi connectivity index (χ2v) is 10.2. The van der Waals surface area contributed by atoms with Gasteiger partial charge in [-0.25, -0.2) is 4.79 Å². The normalized spacial score (nSPS) is 11.4. The zero-order valence-electron chi connectivity index (χ0n) is 13.7. The Morgan fingerprint density at radius 3 is 2.00 bits per heavy atom. The summed E-state index contributed by atoms with van der Waals surface area (Å²) in [5.41, 5.74) is 0.549. The van der Waals surface area contributed by atoms with Crippen LogP contribution in [0.4, 0.5) is 0 Å². The van der Waals surface area contributed by atoms with E-state index in [0.29, 0.717) is 38.6 Å². The zero-order chi connectivity index (χ0) is 16.3. The Balaban J connectivity index is 1.91. The van der Waals surface area contributed by atoms with Crippen molar-refractivity contribution in [2.75, 3.05) is 39.6 Å². The third-order valence-electron chi connectivity index (χ3n) is 2.61. The minimum atomic E-state index is -1.44. The first-order valence-corrected chi connectivity index (χ1v) is 10.9. The van der Waals surface area contributed by atoms with Crippen molar-refractivity contribution in [3.8, 4) is 0 Å². The van der Waals surface area contributed by atoms with Crippen molar-refractivity contribution in [3.63, 3.8) is 0 Å². The minimum absolute atomic E-state index is 0.243. The number of esters is 1. The molecule has 0 aromatic heterocycles. The largest absolute Gasteiger partial charge is 0.460 e. The zero-order valence-corrected chi connectivity index (χ0v) is 14.7. The summed E-state index contributed by atoms with van der Waals surface area (Å²) < 4.78 is 21.5. The Bertz CT molecular complexity index is 416. The highest BCUT2D eigenvalue weighted by Crippen LogP contribution is 2.02. The van der Waals surface area contributed by atoms with Crippen LogP contribution in [0.15, 0.2) is 30.3 Å². The lowest BCUT2D eigenvalue weighted by atomic mass is 10.2. The molecule has 1 rings (SSSR count). The molecule has 1 aromatic rings. The summed E-state index contributed by atoms with van der Waals surface area (Å²) in [7, 11) is -1.44. The highest BCUT2D eigenvalue weighted by molar-refractivity contribution is 6.69. The van der Waals surface area contributed by atoms with Gasteiger partial charge in [0.15, 0.2) is 8.32 Å². The first kappa shape index (κ1) is 18.8. The first-order chi connectivity index (χ1) is 10.5. The highest BCUT2D eigenvalue weighted by Gasteiger charge is 2.13. The Morgan fingerprint density at radius 1 is 0.864 bits per heavy atom. The summed E-state index contributed by atoms with van der Waals surface area (Å²) in [6.07, 6.45) is 0. The summed E-state index contributed by atoms with van der Waals surface area (Å²) >= 11 is 0. The lowest BCUT2D eigenvalue weighted by molar-refractivity contribution is 0.0102. The SMILES string of the molecule is C[Si](C)(C)OCCOCCOCCOC(=O)c1ccccc1. The molecule has 0 N–H and O–H groups in total. The predicted molar refractivity (Wildman–Crippen MR) is 87.7 cm³/mol. The van der Waals surface area contributed by atoms with Crippen LogP contribution in [0.3, 0.4) is 0 Å². The summed E-state index contributed by atoms with van der Waals surface area (Å²) in [6.45, 7) is 9.25. The van der Waals surface area contributed by atoms with Gasteiger partial charge in [0.1, 0.15) is 6.61 Å². The van der Waals surface area contributed by atoms with Gasteiger partial charge in [0.05, 0.1) is 38.6 Å². The van der Waals surface area contributed by atoms with E-state index >= 15 is 0 Å². The number of hydrogen-bond donors (Lipinski definition) is 0. The molecule has 0 saturated heterocycles. The molecular weight excluding hydrogens is 300 g/mol. The molecule has 0 aliphatic rings.